The monoisotopic (exact) mass is 702 g/mol. The van der Waals surface area contributed by atoms with Gasteiger partial charge in [-0.1, -0.05) is 19.9 Å². The van der Waals surface area contributed by atoms with E-state index in [4.69, 9.17) is 14.5 Å². The summed E-state index contributed by atoms with van der Waals surface area (Å²) in [7, 11) is 0. The minimum absolute atomic E-state index is 0.0349. The zero-order valence-electron chi connectivity index (χ0n) is 29.6. The van der Waals surface area contributed by atoms with E-state index in [1.165, 1.54) is 33.8 Å². The van der Waals surface area contributed by atoms with Crippen molar-refractivity contribution >= 4 is 35.1 Å². The van der Waals surface area contributed by atoms with Crippen LogP contribution in [0.3, 0.4) is 0 Å². The molecule has 0 aromatic carbocycles. The van der Waals surface area contributed by atoms with Crippen molar-refractivity contribution in [1.29, 1.82) is 0 Å². The summed E-state index contributed by atoms with van der Waals surface area (Å²) < 4.78 is 57.1. The van der Waals surface area contributed by atoms with Crippen LogP contribution in [0.15, 0.2) is 36.7 Å². The van der Waals surface area contributed by atoms with Gasteiger partial charge in [0.1, 0.15) is 28.5 Å². The quantitative estimate of drug-likeness (QED) is 0.221. The molecule has 0 aliphatic carbocycles. The van der Waals surface area contributed by atoms with Gasteiger partial charge in [0.2, 0.25) is 0 Å². The van der Waals surface area contributed by atoms with Gasteiger partial charge in [0.15, 0.2) is 11.3 Å². The number of aliphatic hydroxyl groups excluding tert-OH is 1. The molecule has 1 aliphatic rings. The minimum atomic E-state index is -4.79. The predicted molar refractivity (Wildman–Crippen MR) is 180 cm³/mol. The molecule has 5 heterocycles. The maximum absolute atomic E-state index is 14.5. The highest BCUT2D eigenvalue weighted by Gasteiger charge is 2.40. The van der Waals surface area contributed by atoms with Crippen LogP contribution in [0.4, 0.5) is 34.4 Å². The summed E-state index contributed by atoms with van der Waals surface area (Å²) in [5, 5.41) is 18.7. The van der Waals surface area contributed by atoms with Crippen LogP contribution in [0.5, 0.6) is 0 Å². The second kappa shape index (κ2) is 13.6. The Bertz CT molecular complexity index is 1860. The largest absolute Gasteiger partial charge is 0.444 e. The maximum atomic E-state index is 14.5. The van der Waals surface area contributed by atoms with Gasteiger partial charge in [-0.25, -0.2) is 19.6 Å². The maximum Gasteiger partial charge on any atom is 0.433 e. The van der Waals surface area contributed by atoms with Crippen molar-refractivity contribution in [1.82, 2.24) is 28.9 Å². The summed E-state index contributed by atoms with van der Waals surface area (Å²) in [5.74, 6) is 0.103. The Morgan fingerprint density at radius 3 is 2.40 bits per heavy atom. The van der Waals surface area contributed by atoms with Crippen LogP contribution < -0.4 is 10.2 Å². The van der Waals surface area contributed by atoms with Gasteiger partial charge in [-0.05, 0) is 66.0 Å². The molecule has 2 N–H and O–H groups in total. The Balaban J connectivity index is 1.52. The molecule has 1 aliphatic heterocycles. The molecule has 5 rings (SSSR count). The standard InChI is InChI=1S/C34H45F3N8O5/c1-20(2)22-17-39-45-27(15-25(41-29(22)45)38-16-21-12-14-42(19-24(21)46)30(47)49-32(3,4)5)44(31(48)50-33(6,7)8)18-23-28(34(35,36)37)43-13-10-9-11-26(43)40-23/h9-11,13,15,17,20-21,24,46H,12,14,16,18-19H2,1-8H3,(H,38,41)/t21-,24+/m1/s1. The van der Waals surface area contributed by atoms with Crippen molar-refractivity contribution in [3.05, 3.63) is 53.6 Å². The normalized spacial score (nSPS) is 17.4. The molecule has 1 fully saturated rings. The van der Waals surface area contributed by atoms with E-state index in [0.29, 0.717) is 24.4 Å². The molecule has 272 valence electrons. The number of imidazole rings is 1. The van der Waals surface area contributed by atoms with Gasteiger partial charge in [-0.3, -0.25) is 9.30 Å². The number of nitrogens with zero attached hydrogens (tertiary/aromatic N) is 7. The number of rotatable bonds is 7. The van der Waals surface area contributed by atoms with Gasteiger partial charge in [-0.2, -0.15) is 22.8 Å². The summed E-state index contributed by atoms with van der Waals surface area (Å²) in [6.45, 7) is 14.3. The third-order valence-electron chi connectivity index (χ3n) is 8.09. The zero-order chi connectivity index (χ0) is 36.8. The number of hydrogen-bond donors (Lipinski definition) is 2. The number of alkyl halides is 3. The Hall–Kier alpha value is -4.60. The SMILES string of the molecule is CC(C)c1cnn2c(N(Cc3nc4ccccn4c3C(F)(F)F)C(=O)OC(C)(C)C)cc(NC[C@H]3CCN(C(=O)OC(C)(C)C)C[C@@H]3O)nc12. The highest BCUT2D eigenvalue weighted by molar-refractivity contribution is 5.88. The van der Waals surface area contributed by atoms with E-state index >= 15 is 0 Å². The first-order valence-electron chi connectivity index (χ1n) is 16.5. The second-order valence-electron chi connectivity index (χ2n) is 14.8. The molecule has 1 saturated heterocycles. The number of amides is 2. The fourth-order valence-corrected chi connectivity index (χ4v) is 5.76. The number of carbonyl (C=O) groups excluding carboxylic acids is 2. The molecule has 2 amide bonds. The van der Waals surface area contributed by atoms with Crippen LogP contribution >= 0.6 is 0 Å². The first kappa shape index (κ1) is 36.7. The molecule has 0 spiro atoms. The fraction of sp³-hybridized carbons (Fsp3) is 0.559. The molecule has 0 radical (unpaired) electrons. The lowest BCUT2D eigenvalue weighted by Gasteiger charge is -2.36. The number of piperidine rings is 1. The number of ether oxygens (including phenoxy) is 2. The van der Waals surface area contributed by atoms with E-state index < -0.39 is 47.9 Å². The van der Waals surface area contributed by atoms with E-state index in [1.54, 1.807) is 53.8 Å². The molecule has 16 heteroatoms. The van der Waals surface area contributed by atoms with Gasteiger partial charge in [-0.15, -0.1) is 0 Å². The number of aliphatic hydroxyl groups is 1. The Morgan fingerprint density at radius 2 is 1.78 bits per heavy atom. The van der Waals surface area contributed by atoms with Crippen molar-refractivity contribution < 1.29 is 37.3 Å². The number of nitrogens with one attached hydrogen (secondary N) is 1. The lowest BCUT2D eigenvalue weighted by atomic mass is 9.94. The van der Waals surface area contributed by atoms with Gasteiger partial charge < -0.3 is 24.8 Å². The number of hydrogen-bond acceptors (Lipinski definition) is 9. The molecule has 50 heavy (non-hydrogen) atoms. The van der Waals surface area contributed by atoms with Crippen LogP contribution in [0.1, 0.15) is 84.7 Å². The third kappa shape index (κ3) is 8.22. The summed E-state index contributed by atoms with van der Waals surface area (Å²) in [6.07, 6.45) is -3.70. The molecular formula is C34H45F3N8O5. The Kier molecular flexibility index (Phi) is 9.98. The van der Waals surface area contributed by atoms with Crippen LogP contribution in [0.25, 0.3) is 11.3 Å². The van der Waals surface area contributed by atoms with Gasteiger partial charge in [0.05, 0.1) is 31.1 Å². The number of halogens is 3. The lowest BCUT2D eigenvalue weighted by molar-refractivity contribution is -0.142. The smallest absolute Gasteiger partial charge is 0.433 e. The number of carbonyl (C=O) groups is 2. The topological polar surface area (TPSA) is 139 Å². The summed E-state index contributed by atoms with van der Waals surface area (Å²) >= 11 is 0. The molecule has 0 unspecified atom stereocenters. The van der Waals surface area contributed by atoms with Crippen LogP contribution in [0.2, 0.25) is 0 Å². The number of fused-ring (bicyclic) bond motifs is 2. The van der Waals surface area contributed by atoms with Crippen molar-refractivity contribution in [2.75, 3.05) is 29.9 Å². The fourth-order valence-electron chi connectivity index (χ4n) is 5.76. The number of β-amino-alcohol motifs (C(OH)–C–C–N with tert-alkyl or cyclic N) is 1. The van der Waals surface area contributed by atoms with Crippen LogP contribution in [0, 0.1) is 5.92 Å². The van der Waals surface area contributed by atoms with E-state index in [0.717, 1.165) is 14.9 Å². The number of aromatic nitrogens is 5. The van der Waals surface area contributed by atoms with Crippen molar-refractivity contribution in [3.8, 4) is 0 Å². The van der Waals surface area contributed by atoms with Gasteiger partial charge in [0.25, 0.3) is 0 Å². The molecule has 4 aromatic rings. The molecular weight excluding hydrogens is 657 g/mol. The average Bonchev–Trinajstić information content (AvgIpc) is 3.59. The van der Waals surface area contributed by atoms with E-state index in [-0.39, 0.29) is 42.1 Å². The first-order chi connectivity index (χ1) is 23.2. The van der Waals surface area contributed by atoms with Gasteiger partial charge in [0, 0.05) is 36.8 Å². The minimum Gasteiger partial charge on any atom is -0.444 e. The molecule has 0 saturated carbocycles. The Morgan fingerprint density at radius 1 is 1.08 bits per heavy atom. The highest BCUT2D eigenvalue weighted by Crippen LogP contribution is 2.35. The average molecular weight is 703 g/mol. The first-order valence-corrected chi connectivity index (χ1v) is 16.5. The number of anilines is 2. The van der Waals surface area contributed by atoms with E-state index in [9.17, 15) is 27.9 Å². The third-order valence-corrected chi connectivity index (χ3v) is 8.09. The Labute approximate surface area is 288 Å². The number of pyridine rings is 1. The van der Waals surface area contributed by atoms with Crippen LogP contribution in [-0.4, -0.2) is 83.1 Å². The molecule has 4 aromatic heterocycles. The highest BCUT2D eigenvalue weighted by atomic mass is 19.4. The van der Waals surface area contributed by atoms with E-state index in [1.807, 2.05) is 13.8 Å². The zero-order valence-corrected chi connectivity index (χ0v) is 29.6. The van der Waals surface area contributed by atoms with Crippen LogP contribution in [-0.2, 0) is 22.2 Å². The van der Waals surface area contributed by atoms with Crippen molar-refractivity contribution in [2.45, 2.75) is 97.8 Å². The van der Waals surface area contributed by atoms with E-state index in [2.05, 4.69) is 15.4 Å². The summed E-state index contributed by atoms with van der Waals surface area (Å²) in [5.41, 5.74) is -1.85. The molecule has 2 atom stereocenters. The summed E-state index contributed by atoms with van der Waals surface area (Å²) in [4.78, 5) is 38.1. The molecule has 13 nitrogen and oxygen atoms in total. The van der Waals surface area contributed by atoms with Gasteiger partial charge >= 0.3 is 18.4 Å². The van der Waals surface area contributed by atoms with Crippen molar-refractivity contribution in [2.24, 2.45) is 5.92 Å². The molecule has 0 bridgehead atoms. The number of likely N-dealkylation sites (tertiary alicyclic amines) is 1. The van der Waals surface area contributed by atoms with Crippen molar-refractivity contribution in [3.63, 3.8) is 0 Å². The lowest BCUT2D eigenvalue weighted by Crippen LogP contribution is -2.49. The summed E-state index contributed by atoms with van der Waals surface area (Å²) in [6, 6.07) is 6.02. The predicted octanol–water partition coefficient (Wildman–Crippen LogP) is 6.49. The second-order valence-corrected chi connectivity index (χ2v) is 14.8.